The van der Waals surface area contributed by atoms with Crippen molar-refractivity contribution < 1.29 is 4.42 Å². The zero-order valence-electron chi connectivity index (χ0n) is 34.6. The van der Waals surface area contributed by atoms with E-state index in [4.69, 9.17) is 4.42 Å². The summed E-state index contributed by atoms with van der Waals surface area (Å²) in [6, 6.07) is 65.5. The van der Waals surface area contributed by atoms with E-state index >= 15 is 0 Å². The summed E-state index contributed by atoms with van der Waals surface area (Å²) >= 11 is 0. The molecule has 1 aliphatic rings. The van der Waals surface area contributed by atoms with E-state index in [0.717, 1.165) is 67.0 Å². The first-order valence-electron chi connectivity index (χ1n) is 21.0. The Labute approximate surface area is 356 Å². The molecular weight excluding hydrogens is 741 g/mol. The van der Waals surface area contributed by atoms with E-state index in [1.807, 2.05) is 12.1 Å². The predicted molar refractivity (Wildman–Crippen MR) is 258 cm³/mol. The normalized spacial score (nSPS) is 13.6. The van der Waals surface area contributed by atoms with Gasteiger partial charge in [0.1, 0.15) is 11.2 Å². The fourth-order valence-corrected chi connectivity index (χ4v) is 9.76. The number of aromatic nitrogens is 1. The highest BCUT2D eigenvalue weighted by Crippen LogP contribution is 2.51. The number of hydrogen-bond donors (Lipinski definition) is 0. The molecule has 2 aromatic heterocycles. The van der Waals surface area contributed by atoms with Crippen LogP contribution in [0, 0.1) is 0 Å². The van der Waals surface area contributed by atoms with Crippen molar-refractivity contribution in [3.8, 4) is 27.9 Å². The molecular formula is C58H44N2O. The van der Waals surface area contributed by atoms with Crippen LogP contribution < -0.4 is 4.90 Å². The van der Waals surface area contributed by atoms with Crippen LogP contribution in [0.1, 0.15) is 37.5 Å². The molecule has 11 rings (SSSR count). The van der Waals surface area contributed by atoms with Crippen molar-refractivity contribution >= 4 is 60.7 Å². The van der Waals surface area contributed by atoms with Gasteiger partial charge >= 0.3 is 0 Å². The van der Waals surface area contributed by atoms with E-state index in [0.29, 0.717) is 0 Å². The zero-order valence-corrected chi connectivity index (χ0v) is 34.6. The summed E-state index contributed by atoms with van der Waals surface area (Å²) in [7, 11) is 0. The molecule has 0 N–H and O–H groups in total. The van der Waals surface area contributed by atoms with Crippen molar-refractivity contribution in [1.82, 2.24) is 4.57 Å². The zero-order chi connectivity index (χ0) is 41.2. The smallest absolute Gasteiger partial charge is 0.137 e. The van der Waals surface area contributed by atoms with Crippen LogP contribution in [0.25, 0.3) is 77.3 Å². The van der Waals surface area contributed by atoms with Gasteiger partial charge in [0.15, 0.2) is 0 Å². The van der Waals surface area contributed by atoms with E-state index in [1.165, 1.54) is 44.1 Å². The van der Waals surface area contributed by atoms with Crippen LogP contribution in [0.3, 0.4) is 0 Å². The van der Waals surface area contributed by atoms with Gasteiger partial charge in [0.25, 0.3) is 0 Å². The van der Waals surface area contributed by atoms with Crippen LogP contribution in [0.15, 0.2) is 217 Å². The molecule has 3 nitrogen and oxygen atoms in total. The number of furan rings is 1. The minimum absolute atomic E-state index is 0.0892. The Morgan fingerprint density at radius 2 is 1.26 bits per heavy atom. The summed E-state index contributed by atoms with van der Waals surface area (Å²) < 4.78 is 9.04. The summed E-state index contributed by atoms with van der Waals surface area (Å²) in [5, 5.41) is 4.61. The summed E-state index contributed by atoms with van der Waals surface area (Å²) in [5.41, 5.74) is 18.1. The fraction of sp³-hybridized carbons (Fsp3) is 0.0690. The maximum atomic E-state index is 6.68. The number of hydrogen-bond acceptors (Lipinski definition) is 2. The average Bonchev–Trinajstić information content (AvgIpc) is 3.92. The second kappa shape index (κ2) is 14.3. The first-order chi connectivity index (χ1) is 29.9. The Morgan fingerprint density at radius 3 is 2.08 bits per heavy atom. The summed E-state index contributed by atoms with van der Waals surface area (Å²) in [6.45, 7) is 11.0. The molecule has 2 heterocycles. The van der Waals surface area contributed by atoms with Crippen LogP contribution in [-0.2, 0) is 5.41 Å². The summed E-state index contributed by atoms with van der Waals surface area (Å²) in [6.07, 6.45) is 6.32. The molecule has 8 aromatic carbocycles. The van der Waals surface area contributed by atoms with E-state index in [1.54, 1.807) is 0 Å². The van der Waals surface area contributed by atoms with Crippen molar-refractivity contribution in [2.75, 3.05) is 4.90 Å². The molecule has 0 atom stereocenters. The molecule has 292 valence electrons. The van der Waals surface area contributed by atoms with Crippen LogP contribution in [0.5, 0.6) is 0 Å². The number of benzene rings is 8. The van der Waals surface area contributed by atoms with E-state index in [2.05, 4.69) is 225 Å². The average molecular weight is 785 g/mol. The van der Waals surface area contributed by atoms with E-state index < -0.39 is 0 Å². The van der Waals surface area contributed by atoms with Crippen LogP contribution in [0.4, 0.5) is 11.4 Å². The summed E-state index contributed by atoms with van der Waals surface area (Å²) in [4.78, 5) is 2.39. The van der Waals surface area contributed by atoms with Crippen LogP contribution >= 0.6 is 0 Å². The molecule has 0 spiro atoms. The van der Waals surface area contributed by atoms with Crippen LogP contribution in [-0.4, -0.2) is 4.57 Å². The number of fused-ring (bicyclic) bond motifs is 9. The molecule has 0 saturated carbocycles. The lowest BCUT2D eigenvalue weighted by molar-refractivity contribution is 0.660. The molecule has 3 heteroatoms. The van der Waals surface area contributed by atoms with Gasteiger partial charge in [-0.3, -0.25) is 0 Å². The standard InChI is InChI=1S/C58H44N2O/c1-5-39(40-17-8-6-9-18-40)28-27-38(2)59(44-31-32-51-47(37-44)45-21-12-14-23-50(45)58(51,3)4)54-25-16-26-56-57(54)49-36-42(30-34-55(49)61-56)41-29-33-53-48(35-41)46-22-13-15-24-52(46)60(53)43-19-10-7-11-20-43/h5-37H,1H2,2-4H3/b38-27+,39-28+. The van der Waals surface area contributed by atoms with Gasteiger partial charge in [-0.1, -0.05) is 148 Å². The number of allylic oxidation sites excluding steroid dienone is 5. The molecule has 0 aliphatic heterocycles. The number of para-hydroxylation sites is 2. The minimum atomic E-state index is -0.0892. The van der Waals surface area contributed by atoms with Crippen molar-refractivity contribution in [3.63, 3.8) is 0 Å². The van der Waals surface area contributed by atoms with Gasteiger partial charge in [0.2, 0.25) is 0 Å². The molecule has 0 radical (unpaired) electrons. The third-order valence-electron chi connectivity index (χ3n) is 12.7. The van der Waals surface area contributed by atoms with Gasteiger partial charge in [-0.15, -0.1) is 0 Å². The Bertz CT molecular complexity index is 3410. The van der Waals surface area contributed by atoms with Crippen molar-refractivity contribution in [1.29, 1.82) is 0 Å². The minimum Gasteiger partial charge on any atom is -0.456 e. The topological polar surface area (TPSA) is 21.3 Å². The van der Waals surface area contributed by atoms with Gasteiger partial charge in [0, 0.05) is 38.6 Å². The Kier molecular flexibility index (Phi) is 8.54. The highest BCUT2D eigenvalue weighted by atomic mass is 16.3. The Balaban J connectivity index is 1.10. The highest BCUT2D eigenvalue weighted by molar-refractivity contribution is 6.15. The van der Waals surface area contributed by atoms with Gasteiger partial charge in [-0.2, -0.15) is 0 Å². The van der Waals surface area contributed by atoms with E-state index in [-0.39, 0.29) is 5.41 Å². The maximum absolute atomic E-state index is 6.68. The van der Waals surface area contributed by atoms with Crippen LogP contribution in [0.2, 0.25) is 0 Å². The van der Waals surface area contributed by atoms with Crippen molar-refractivity contribution in [3.05, 3.63) is 229 Å². The van der Waals surface area contributed by atoms with Gasteiger partial charge < -0.3 is 13.9 Å². The summed E-state index contributed by atoms with van der Waals surface area (Å²) in [5.74, 6) is 0. The van der Waals surface area contributed by atoms with Gasteiger partial charge in [0.05, 0.1) is 22.1 Å². The third-order valence-corrected chi connectivity index (χ3v) is 12.7. The monoisotopic (exact) mass is 784 g/mol. The molecule has 0 amide bonds. The fourth-order valence-electron chi connectivity index (χ4n) is 9.76. The molecule has 0 unspecified atom stereocenters. The molecule has 61 heavy (non-hydrogen) atoms. The quantitative estimate of drug-likeness (QED) is 0.143. The Hall–Kier alpha value is -7.62. The van der Waals surface area contributed by atoms with Crippen molar-refractivity contribution in [2.45, 2.75) is 26.2 Å². The van der Waals surface area contributed by atoms with Gasteiger partial charge in [-0.05, 0) is 124 Å². The predicted octanol–water partition coefficient (Wildman–Crippen LogP) is 16.0. The lowest BCUT2D eigenvalue weighted by Crippen LogP contribution is -2.16. The number of nitrogens with zero attached hydrogens (tertiary/aromatic N) is 2. The first kappa shape index (κ1) is 36.5. The highest BCUT2D eigenvalue weighted by Gasteiger charge is 2.35. The molecule has 10 aromatic rings. The van der Waals surface area contributed by atoms with E-state index in [9.17, 15) is 0 Å². The second-order valence-electron chi connectivity index (χ2n) is 16.6. The van der Waals surface area contributed by atoms with Gasteiger partial charge in [-0.25, -0.2) is 0 Å². The number of rotatable bonds is 8. The third kappa shape index (κ3) is 5.88. The SMILES string of the molecule is C=C/C(=C\C=C(/C)N(c1ccc2c(c1)-c1ccccc1C2(C)C)c1cccc2oc3ccc(-c4ccc5c(c4)c4ccccc4n5-c4ccccc4)cc3c12)c1ccccc1. The molecule has 0 bridgehead atoms. The first-order valence-corrected chi connectivity index (χ1v) is 21.0. The number of anilines is 2. The lowest BCUT2D eigenvalue weighted by Gasteiger charge is -2.28. The largest absolute Gasteiger partial charge is 0.456 e. The Morgan fingerprint density at radius 1 is 0.574 bits per heavy atom. The lowest BCUT2D eigenvalue weighted by atomic mass is 9.82. The maximum Gasteiger partial charge on any atom is 0.137 e. The molecule has 0 saturated heterocycles. The second-order valence-corrected chi connectivity index (χ2v) is 16.6. The molecule has 0 fully saturated rings. The van der Waals surface area contributed by atoms with Crippen molar-refractivity contribution in [2.24, 2.45) is 0 Å². The molecule has 1 aliphatic carbocycles.